The number of hydrogen-bond donors (Lipinski definition) is 2. The van der Waals surface area contributed by atoms with Gasteiger partial charge in [0.25, 0.3) is 5.91 Å². The summed E-state index contributed by atoms with van der Waals surface area (Å²) in [5.41, 5.74) is 0.768. The number of ether oxygens (including phenoxy) is 1. The third-order valence-electron chi connectivity index (χ3n) is 7.72. The van der Waals surface area contributed by atoms with Crippen molar-refractivity contribution in [3.8, 4) is 11.4 Å². The maximum Gasteiger partial charge on any atom is 0.573 e. The molecule has 0 spiro atoms. The molecule has 3 aromatic carbocycles. The highest BCUT2D eigenvalue weighted by molar-refractivity contribution is 6.03. The minimum Gasteiger partial charge on any atom is -0.481 e. The van der Waals surface area contributed by atoms with Gasteiger partial charge in [0, 0.05) is 29.1 Å². The molecule has 0 saturated heterocycles. The van der Waals surface area contributed by atoms with Crippen molar-refractivity contribution in [1.29, 1.82) is 0 Å². The van der Waals surface area contributed by atoms with E-state index in [0.29, 0.717) is 23.4 Å². The Balaban J connectivity index is 1.48. The quantitative estimate of drug-likeness (QED) is 0.122. The van der Waals surface area contributed by atoms with Crippen molar-refractivity contribution >= 4 is 28.6 Å². The number of halogens is 6. The van der Waals surface area contributed by atoms with E-state index in [0.717, 1.165) is 42.7 Å². The zero-order valence-corrected chi connectivity index (χ0v) is 24.1. The second kappa shape index (κ2) is 12.9. The van der Waals surface area contributed by atoms with Crippen LogP contribution in [0.4, 0.5) is 26.3 Å². The van der Waals surface area contributed by atoms with E-state index in [9.17, 15) is 40.7 Å². The zero-order chi connectivity index (χ0) is 33.2. The van der Waals surface area contributed by atoms with Crippen LogP contribution in [-0.4, -0.2) is 40.2 Å². The lowest BCUT2D eigenvalue weighted by molar-refractivity contribution is -0.274. The predicted octanol–water partition coefficient (Wildman–Crippen LogP) is 7.59. The molecular weight excluding hydrogens is 618 g/mol. The fourth-order valence-electron chi connectivity index (χ4n) is 5.36. The summed E-state index contributed by atoms with van der Waals surface area (Å²) in [6.45, 7) is -0.0371. The van der Waals surface area contributed by atoms with Crippen LogP contribution in [0.5, 0.6) is 5.75 Å². The number of benzene rings is 3. The van der Waals surface area contributed by atoms with Crippen molar-refractivity contribution in [2.45, 2.75) is 44.6 Å². The molecule has 0 aliphatic heterocycles. The summed E-state index contributed by atoms with van der Waals surface area (Å²) < 4.78 is 84.1. The fraction of sp³-hybridized carbons (Fsp3) is 0.303. The Kier molecular flexibility index (Phi) is 9.13. The molecule has 0 bridgehead atoms. The molecule has 46 heavy (non-hydrogen) atoms. The Hall–Kier alpha value is -4.81. The number of carbonyl (C=O) groups is 3. The third kappa shape index (κ3) is 8.06. The largest absolute Gasteiger partial charge is 0.573 e. The number of amides is 1. The van der Waals surface area contributed by atoms with Crippen molar-refractivity contribution in [3.05, 3.63) is 95.2 Å². The summed E-state index contributed by atoms with van der Waals surface area (Å²) >= 11 is 0. The molecule has 4 aromatic rings. The Bertz CT molecular complexity index is 1740. The van der Waals surface area contributed by atoms with E-state index in [-0.39, 0.29) is 41.9 Å². The monoisotopic (exact) mass is 646 g/mol. The van der Waals surface area contributed by atoms with Gasteiger partial charge in [-0.3, -0.25) is 14.4 Å². The first kappa shape index (κ1) is 32.6. The summed E-state index contributed by atoms with van der Waals surface area (Å²) in [6, 6.07) is 15.6. The second-order valence-corrected chi connectivity index (χ2v) is 11.2. The Morgan fingerprint density at radius 1 is 0.913 bits per heavy atom. The summed E-state index contributed by atoms with van der Waals surface area (Å²) in [4.78, 5) is 37.3. The predicted molar refractivity (Wildman–Crippen MR) is 155 cm³/mol. The van der Waals surface area contributed by atoms with Gasteiger partial charge in [-0.25, -0.2) is 0 Å². The van der Waals surface area contributed by atoms with Crippen LogP contribution in [0, 0.1) is 11.8 Å². The van der Waals surface area contributed by atoms with E-state index >= 15 is 0 Å². The van der Waals surface area contributed by atoms with Crippen LogP contribution >= 0.6 is 0 Å². The van der Waals surface area contributed by atoms with Gasteiger partial charge in [0.05, 0.1) is 23.2 Å². The average molecular weight is 647 g/mol. The molecule has 7 nitrogen and oxygen atoms in total. The number of hydrogen-bond acceptors (Lipinski definition) is 4. The number of carboxylic acid groups (broad SMARTS) is 1. The lowest BCUT2D eigenvalue weighted by atomic mass is 9.88. The van der Waals surface area contributed by atoms with Gasteiger partial charge >= 0.3 is 18.5 Å². The van der Waals surface area contributed by atoms with Gasteiger partial charge in [-0.05, 0) is 85.0 Å². The number of fused-ring (bicyclic) bond motifs is 1. The number of alkyl halides is 6. The maximum atomic E-state index is 14.2. The van der Waals surface area contributed by atoms with Crippen molar-refractivity contribution in [2.24, 2.45) is 11.8 Å². The topological polar surface area (TPSA) is 97.6 Å². The molecule has 1 aromatic heterocycles. The maximum absolute atomic E-state index is 14.2. The number of carbonyl (C=O) groups excluding carboxylic acids is 2. The van der Waals surface area contributed by atoms with Crippen molar-refractivity contribution in [2.75, 3.05) is 6.54 Å². The molecule has 1 amide bonds. The highest BCUT2D eigenvalue weighted by Crippen LogP contribution is 2.39. The molecule has 1 heterocycles. The van der Waals surface area contributed by atoms with Crippen molar-refractivity contribution in [1.82, 2.24) is 9.88 Å². The summed E-state index contributed by atoms with van der Waals surface area (Å²) in [5.74, 6) is -2.63. The minimum absolute atomic E-state index is 0.0371. The van der Waals surface area contributed by atoms with Crippen LogP contribution in [0.2, 0.25) is 0 Å². The van der Waals surface area contributed by atoms with Gasteiger partial charge < -0.3 is 19.7 Å². The van der Waals surface area contributed by atoms with Crippen molar-refractivity contribution in [3.63, 3.8) is 0 Å². The molecule has 1 aliphatic rings. The number of nitrogens with zero attached hydrogens (tertiary/aromatic N) is 1. The minimum atomic E-state index is -4.95. The van der Waals surface area contributed by atoms with Crippen molar-refractivity contribution < 1.29 is 50.6 Å². The van der Waals surface area contributed by atoms with Crippen LogP contribution in [-0.2, 0) is 17.4 Å². The average Bonchev–Trinajstić information content (AvgIpc) is 3.72. The number of aromatic nitrogens is 1. The molecule has 0 radical (unpaired) electrons. The third-order valence-corrected chi connectivity index (χ3v) is 7.72. The number of rotatable bonds is 12. The van der Waals surface area contributed by atoms with Crippen LogP contribution in [0.3, 0.4) is 0 Å². The SMILES string of the molecule is O=C(O)CCNC(=O)c1ccc(CC(CC2CC2)C(=O)c2cc3cc(OC(F)(F)F)ccc3n2-c2ccc(C(F)(F)F)cc2)cc1. The molecule has 1 fully saturated rings. The van der Waals surface area contributed by atoms with E-state index in [2.05, 4.69) is 10.1 Å². The van der Waals surface area contributed by atoms with Gasteiger partial charge in [0.15, 0.2) is 5.78 Å². The van der Waals surface area contributed by atoms with Crippen LogP contribution in [0.15, 0.2) is 72.8 Å². The Morgan fingerprint density at radius 2 is 1.59 bits per heavy atom. The molecule has 1 saturated carbocycles. The molecule has 13 heteroatoms. The summed E-state index contributed by atoms with van der Waals surface area (Å²) in [7, 11) is 0. The number of aliphatic carboxylic acids is 1. The number of Topliss-reactive ketones (excluding diaryl/α,β-unsaturated/α-hetero) is 1. The van der Waals surface area contributed by atoms with Crippen LogP contribution in [0.25, 0.3) is 16.6 Å². The Labute approximate surface area is 258 Å². The van der Waals surface area contributed by atoms with Gasteiger partial charge in [-0.1, -0.05) is 25.0 Å². The Morgan fingerprint density at radius 3 is 2.17 bits per heavy atom. The first-order valence-corrected chi connectivity index (χ1v) is 14.4. The molecule has 5 rings (SSSR count). The number of carboxylic acids is 1. The van der Waals surface area contributed by atoms with Gasteiger partial charge in [-0.2, -0.15) is 13.2 Å². The van der Waals surface area contributed by atoms with E-state index in [1.165, 1.54) is 28.8 Å². The lowest BCUT2D eigenvalue weighted by Crippen LogP contribution is -2.26. The molecule has 1 unspecified atom stereocenters. The second-order valence-electron chi connectivity index (χ2n) is 11.2. The highest BCUT2D eigenvalue weighted by Gasteiger charge is 2.34. The molecule has 1 atom stereocenters. The smallest absolute Gasteiger partial charge is 0.481 e. The van der Waals surface area contributed by atoms with Crippen LogP contribution < -0.4 is 10.1 Å². The lowest BCUT2D eigenvalue weighted by Gasteiger charge is -2.18. The van der Waals surface area contributed by atoms with E-state index < -0.39 is 41.6 Å². The van der Waals surface area contributed by atoms with Gasteiger partial charge in [-0.15, -0.1) is 13.2 Å². The number of ketones is 1. The van der Waals surface area contributed by atoms with E-state index in [1.807, 2.05) is 0 Å². The molecular formula is C33H28F6N2O5. The molecule has 1 aliphatic carbocycles. The highest BCUT2D eigenvalue weighted by atomic mass is 19.4. The number of nitrogens with one attached hydrogen (secondary N) is 1. The van der Waals surface area contributed by atoms with Crippen LogP contribution in [0.1, 0.15) is 57.7 Å². The normalized spacial score (nSPS) is 14.2. The molecule has 2 N–H and O–H groups in total. The van der Waals surface area contributed by atoms with Gasteiger partial charge in [0.2, 0.25) is 0 Å². The van der Waals surface area contributed by atoms with E-state index in [4.69, 9.17) is 5.11 Å². The first-order chi connectivity index (χ1) is 21.7. The summed E-state index contributed by atoms with van der Waals surface area (Å²) in [5, 5.41) is 11.5. The summed E-state index contributed by atoms with van der Waals surface area (Å²) in [6.07, 6.45) is -7.12. The van der Waals surface area contributed by atoms with Gasteiger partial charge in [0.1, 0.15) is 5.75 Å². The zero-order valence-electron chi connectivity index (χ0n) is 24.1. The first-order valence-electron chi connectivity index (χ1n) is 14.4. The molecule has 242 valence electrons. The standard InChI is InChI=1S/C33H28F6N2O5/c34-32(35,36)24-7-9-25(10-8-24)41-27-12-11-26(46-33(37,38)39)17-22(27)18-28(41)30(44)23(15-19-1-2-19)16-20-3-5-21(6-4-20)31(45)40-14-13-29(42)43/h3-12,17-19,23H,1-2,13-16H2,(H,40,45)(H,42,43). The van der Waals surface area contributed by atoms with E-state index in [1.54, 1.807) is 24.3 Å². The fourth-order valence-corrected chi connectivity index (χ4v) is 5.36.